The predicted molar refractivity (Wildman–Crippen MR) is 99.7 cm³/mol. The zero-order valence-corrected chi connectivity index (χ0v) is 14.9. The summed E-state index contributed by atoms with van der Waals surface area (Å²) >= 11 is 0. The van der Waals surface area contributed by atoms with Gasteiger partial charge < -0.3 is 10.2 Å². The number of carbonyl (C=O) groups is 3. The number of benzene rings is 2. The van der Waals surface area contributed by atoms with Crippen molar-refractivity contribution in [1.82, 2.24) is 15.1 Å². The van der Waals surface area contributed by atoms with E-state index in [0.717, 1.165) is 22.4 Å². The predicted octanol–water partition coefficient (Wildman–Crippen LogP) is 1.73. The van der Waals surface area contributed by atoms with Crippen LogP contribution in [0, 0.1) is 0 Å². The Labute approximate surface area is 157 Å². The van der Waals surface area contributed by atoms with Gasteiger partial charge in [0, 0.05) is 19.5 Å². The van der Waals surface area contributed by atoms with Gasteiger partial charge in [-0.2, -0.15) is 0 Å². The lowest BCUT2D eigenvalue weighted by molar-refractivity contribution is -0.138. The third-order valence-electron chi connectivity index (χ3n) is 5.17. The van der Waals surface area contributed by atoms with Gasteiger partial charge in [0.15, 0.2) is 0 Å². The number of nitrogens with one attached hydrogen (secondary N) is 1. The number of imide groups is 1. The number of nitrogens with zero attached hydrogens (tertiary/aromatic N) is 2. The van der Waals surface area contributed by atoms with Crippen LogP contribution in [0.1, 0.15) is 16.7 Å². The molecular weight excluding hydrogens is 342 g/mol. The molecule has 27 heavy (non-hydrogen) atoms. The van der Waals surface area contributed by atoms with Gasteiger partial charge in [-0.25, -0.2) is 4.79 Å². The zero-order chi connectivity index (χ0) is 18.8. The van der Waals surface area contributed by atoms with E-state index >= 15 is 0 Å². The molecule has 6 nitrogen and oxygen atoms in total. The van der Waals surface area contributed by atoms with Crippen LogP contribution in [-0.4, -0.2) is 46.8 Å². The number of amides is 4. The second-order valence-electron chi connectivity index (χ2n) is 6.95. The number of carbonyl (C=O) groups excluding carboxylic acids is 3. The molecule has 2 aromatic carbocycles. The van der Waals surface area contributed by atoms with Crippen molar-refractivity contribution in [3.05, 3.63) is 71.3 Å². The van der Waals surface area contributed by atoms with Crippen molar-refractivity contribution in [2.75, 3.05) is 13.1 Å². The lowest BCUT2D eigenvalue weighted by Gasteiger charge is -2.29. The second-order valence-corrected chi connectivity index (χ2v) is 6.95. The fourth-order valence-electron chi connectivity index (χ4n) is 3.66. The minimum absolute atomic E-state index is 0.201. The highest BCUT2D eigenvalue weighted by Gasteiger charge is 2.39. The topological polar surface area (TPSA) is 69.7 Å². The highest BCUT2D eigenvalue weighted by atomic mass is 16.2. The fraction of sp³-hybridized carbons (Fsp3) is 0.286. The minimum atomic E-state index is -0.616. The van der Waals surface area contributed by atoms with E-state index in [1.165, 1.54) is 5.56 Å². The maximum absolute atomic E-state index is 12.7. The monoisotopic (exact) mass is 363 g/mol. The quantitative estimate of drug-likeness (QED) is 0.841. The van der Waals surface area contributed by atoms with Crippen molar-refractivity contribution >= 4 is 17.8 Å². The molecule has 2 aliphatic heterocycles. The summed E-state index contributed by atoms with van der Waals surface area (Å²) < 4.78 is 0. The Morgan fingerprint density at radius 3 is 2.48 bits per heavy atom. The first kappa shape index (κ1) is 17.3. The minimum Gasteiger partial charge on any atom is -0.336 e. The number of rotatable bonds is 4. The lowest BCUT2D eigenvalue weighted by Crippen LogP contribution is -2.45. The molecule has 0 saturated carbocycles. The first-order valence-electron chi connectivity index (χ1n) is 9.12. The molecule has 2 heterocycles. The molecule has 0 unspecified atom stereocenters. The standard InChI is InChI=1S/C21H21N3O3/c25-19(23-11-10-16-8-4-5-9-17(16)13-23)14-24-20(26)18(22-21(24)27)12-15-6-2-1-3-7-15/h1-9,18H,10-14H2,(H,22,27)/t18-/m1/s1. The number of hydrogen-bond donors (Lipinski definition) is 1. The summed E-state index contributed by atoms with van der Waals surface area (Å²) in [6.07, 6.45) is 1.21. The molecule has 0 spiro atoms. The van der Waals surface area contributed by atoms with Crippen LogP contribution in [0.15, 0.2) is 54.6 Å². The average molecular weight is 363 g/mol. The second kappa shape index (κ2) is 7.23. The van der Waals surface area contributed by atoms with E-state index in [9.17, 15) is 14.4 Å². The summed E-state index contributed by atoms with van der Waals surface area (Å²) in [5, 5.41) is 2.69. The largest absolute Gasteiger partial charge is 0.336 e. The van der Waals surface area contributed by atoms with Crippen molar-refractivity contribution in [3.8, 4) is 0 Å². The molecule has 4 rings (SSSR count). The summed E-state index contributed by atoms with van der Waals surface area (Å²) in [4.78, 5) is 40.3. The first-order chi connectivity index (χ1) is 13.1. The van der Waals surface area contributed by atoms with Gasteiger partial charge in [-0.3, -0.25) is 14.5 Å². The Morgan fingerprint density at radius 1 is 1.00 bits per heavy atom. The highest BCUT2D eigenvalue weighted by Crippen LogP contribution is 2.19. The molecule has 0 bridgehead atoms. The van der Waals surface area contributed by atoms with Gasteiger partial charge in [0.1, 0.15) is 12.6 Å². The van der Waals surface area contributed by atoms with E-state index in [2.05, 4.69) is 11.4 Å². The normalized spacial score (nSPS) is 19.0. The van der Waals surface area contributed by atoms with Crippen LogP contribution in [0.5, 0.6) is 0 Å². The summed E-state index contributed by atoms with van der Waals surface area (Å²) in [6.45, 7) is 0.914. The van der Waals surface area contributed by atoms with Crippen molar-refractivity contribution in [1.29, 1.82) is 0 Å². The fourth-order valence-corrected chi connectivity index (χ4v) is 3.66. The van der Waals surface area contributed by atoms with Gasteiger partial charge in [0.2, 0.25) is 5.91 Å². The van der Waals surface area contributed by atoms with Crippen molar-refractivity contribution < 1.29 is 14.4 Å². The van der Waals surface area contributed by atoms with Gasteiger partial charge in [0.25, 0.3) is 5.91 Å². The molecule has 2 aromatic rings. The molecule has 1 atom stereocenters. The van der Waals surface area contributed by atoms with Crippen LogP contribution in [0.4, 0.5) is 4.79 Å². The van der Waals surface area contributed by atoms with Crippen LogP contribution in [0.3, 0.4) is 0 Å². The van der Waals surface area contributed by atoms with Crippen LogP contribution < -0.4 is 5.32 Å². The van der Waals surface area contributed by atoms with Crippen LogP contribution in [0.2, 0.25) is 0 Å². The van der Waals surface area contributed by atoms with Crippen LogP contribution >= 0.6 is 0 Å². The van der Waals surface area contributed by atoms with Crippen LogP contribution in [-0.2, 0) is 29.0 Å². The molecule has 6 heteroatoms. The van der Waals surface area contributed by atoms with Gasteiger partial charge in [-0.1, -0.05) is 54.6 Å². The summed E-state index contributed by atoms with van der Waals surface area (Å²) in [7, 11) is 0. The van der Waals surface area contributed by atoms with E-state index < -0.39 is 12.1 Å². The maximum atomic E-state index is 12.7. The molecule has 0 aliphatic carbocycles. The lowest BCUT2D eigenvalue weighted by atomic mass is 10.00. The smallest absolute Gasteiger partial charge is 0.325 e. The van der Waals surface area contributed by atoms with Gasteiger partial charge in [-0.05, 0) is 23.1 Å². The highest BCUT2D eigenvalue weighted by molar-refractivity contribution is 6.06. The number of urea groups is 1. The molecule has 0 radical (unpaired) electrons. The third-order valence-corrected chi connectivity index (χ3v) is 5.17. The summed E-state index contributed by atoms with van der Waals surface area (Å²) in [6, 6.07) is 16.5. The molecular formula is C21H21N3O3. The Hall–Kier alpha value is -3.15. The molecule has 1 saturated heterocycles. The Balaban J connectivity index is 1.40. The third kappa shape index (κ3) is 3.56. The SMILES string of the molecule is O=C(CN1C(=O)N[C@H](Cc2ccccc2)C1=O)N1CCc2ccccc2C1. The first-order valence-corrected chi connectivity index (χ1v) is 9.12. The Morgan fingerprint density at radius 2 is 1.70 bits per heavy atom. The number of fused-ring (bicyclic) bond motifs is 1. The molecule has 1 N–H and O–H groups in total. The molecule has 2 aliphatic rings. The number of hydrogen-bond acceptors (Lipinski definition) is 3. The molecule has 0 aromatic heterocycles. The summed E-state index contributed by atoms with van der Waals surface area (Å²) in [5.74, 6) is -0.539. The van der Waals surface area contributed by atoms with Crippen LogP contribution in [0.25, 0.3) is 0 Å². The van der Waals surface area contributed by atoms with E-state index in [0.29, 0.717) is 19.5 Å². The average Bonchev–Trinajstić information content (AvgIpc) is 2.95. The van der Waals surface area contributed by atoms with Crippen molar-refractivity contribution in [2.45, 2.75) is 25.4 Å². The molecule has 1 fully saturated rings. The van der Waals surface area contributed by atoms with E-state index in [1.807, 2.05) is 48.5 Å². The molecule has 138 valence electrons. The zero-order valence-electron chi connectivity index (χ0n) is 14.9. The van der Waals surface area contributed by atoms with E-state index in [4.69, 9.17) is 0 Å². The maximum Gasteiger partial charge on any atom is 0.325 e. The molecule has 4 amide bonds. The van der Waals surface area contributed by atoms with Gasteiger partial charge in [0.05, 0.1) is 0 Å². The summed E-state index contributed by atoms with van der Waals surface area (Å²) in [5.41, 5.74) is 3.34. The van der Waals surface area contributed by atoms with Crippen molar-refractivity contribution in [3.63, 3.8) is 0 Å². The van der Waals surface area contributed by atoms with Gasteiger partial charge >= 0.3 is 6.03 Å². The van der Waals surface area contributed by atoms with Gasteiger partial charge in [-0.15, -0.1) is 0 Å². The van der Waals surface area contributed by atoms with Crippen molar-refractivity contribution in [2.24, 2.45) is 0 Å². The van der Waals surface area contributed by atoms with E-state index in [-0.39, 0.29) is 18.4 Å². The van der Waals surface area contributed by atoms with E-state index in [1.54, 1.807) is 4.90 Å². The Kier molecular flexibility index (Phi) is 4.62. The Bertz CT molecular complexity index is 881.